The summed E-state index contributed by atoms with van der Waals surface area (Å²) in [5, 5.41) is 12.4. The Morgan fingerprint density at radius 2 is 2.18 bits per heavy atom. The van der Waals surface area contributed by atoms with E-state index < -0.39 is 0 Å². The highest BCUT2D eigenvalue weighted by Gasteiger charge is 2.20. The first-order valence-electron chi connectivity index (χ1n) is 6.52. The van der Waals surface area contributed by atoms with Crippen molar-refractivity contribution in [2.45, 2.75) is 38.6 Å². The van der Waals surface area contributed by atoms with E-state index in [1.165, 1.54) is 0 Å². The van der Waals surface area contributed by atoms with Crippen LogP contribution in [0.3, 0.4) is 0 Å². The van der Waals surface area contributed by atoms with E-state index in [4.69, 9.17) is 10.8 Å². The third kappa shape index (κ3) is 5.37. The number of carbonyl (C=O) groups is 1. The lowest BCUT2D eigenvalue weighted by Gasteiger charge is -2.31. The number of urea groups is 1. The van der Waals surface area contributed by atoms with Crippen LogP contribution in [0.25, 0.3) is 0 Å². The summed E-state index contributed by atoms with van der Waals surface area (Å²) >= 11 is 0. The topological polar surface area (TPSA) is 78.6 Å². The normalized spacial score (nSPS) is 19.3. The van der Waals surface area contributed by atoms with Crippen molar-refractivity contribution in [1.29, 1.82) is 0 Å². The highest BCUT2D eigenvalue weighted by atomic mass is 16.3. The maximum atomic E-state index is 10.9. The molecule has 0 aromatic carbocycles. The first kappa shape index (κ1) is 14.3. The summed E-state index contributed by atoms with van der Waals surface area (Å²) in [6.07, 6.45) is 4.12. The number of nitrogens with two attached hydrogens (primary N) is 1. The zero-order valence-electron chi connectivity index (χ0n) is 10.7. The average Bonchev–Trinajstić information content (AvgIpc) is 2.34. The fourth-order valence-corrected chi connectivity index (χ4v) is 2.15. The molecule has 1 heterocycles. The van der Waals surface area contributed by atoms with E-state index in [-0.39, 0.29) is 12.6 Å². The Morgan fingerprint density at radius 3 is 2.71 bits per heavy atom. The van der Waals surface area contributed by atoms with Crippen LogP contribution >= 0.6 is 0 Å². The second kappa shape index (κ2) is 7.50. The minimum absolute atomic E-state index is 0.275. The van der Waals surface area contributed by atoms with E-state index in [0.29, 0.717) is 12.0 Å². The Bertz CT molecular complexity index is 228. The molecule has 5 nitrogen and oxygen atoms in total. The van der Waals surface area contributed by atoms with E-state index in [9.17, 15) is 4.79 Å². The molecule has 2 amide bonds. The smallest absolute Gasteiger partial charge is 0.314 e. The van der Waals surface area contributed by atoms with Gasteiger partial charge in [0.15, 0.2) is 0 Å². The summed E-state index contributed by atoms with van der Waals surface area (Å²) in [7, 11) is 0. The van der Waals surface area contributed by atoms with Gasteiger partial charge in [0.05, 0.1) is 0 Å². The maximum absolute atomic E-state index is 10.9. The second-order valence-electron chi connectivity index (χ2n) is 4.98. The van der Waals surface area contributed by atoms with Crippen LogP contribution in [0.5, 0.6) is 0 Å². The number of rotatable bonds is 6. The van der Waals surface area contributed by atoms with Gasteiger partial charge in [0.2, 0.25) is 0 Å². The lowest BCUT2D eigenvalue weighted by atomic mass is 10.0. The Hall–Kier alpha value is -0.810. The van der Waals surface area contributed by atoms with Gasteiger partial charge in [0.1, 0.15) is 0 Å². The molecule has 0 aliphatic carbocycles. The summed E-state index contributed by atoms with van der Waals surface area (Å²) in [4.78, 5) is 12.6. The first-order valence-corrected chi connectivity index (χ1v) is 6.52. The van der Waals surface area contributed by atoms with Crippen molar-refractivity contribution in [3.8, 4) is 0 Å². The first-order chi connectivity index (χ1) is 8.13. The lowest BCUT2D eigenvalue weighted by molar-refractivity contribution is 0.184. The minimum Gasteiger partial charge on any atom is -0.396 e. The molecule has 1 rings (SSSR count). The summed E-state index contributed by atoms with van der Waals surface area (Å²) in [5.41, 5.74) is 5.23. The summed E-state index contributed by atoms with van der Waals surface area (Å²) in [5.74, 6) is 0.397. The summed E-state index contributed by atoms with van der Waals surface area (Å²) < 4.78 is 0. The number of amides is 2. The molecule has 100 valence electrons. The number of nitrogens with one attached hydrogen (secondary N) is 1. The zero-order chi connectivity index (χ0) is 12.7. The third-order valence-corrected chi connectivity index (χ3v) is 3.43. The molecular weight excluding hydrogens is 218 g/mol. The molecule has 1 atom stereocenters. The molecule has 1 saturated heterocycles. The predicted molar refractivity (Wildman–Crippen MR) is 67.7 cm³/mol. The van der Waals surface area contributed by atoms with Gasteiger partial charge in [-0.05, 0) is 38.1 Å². The molecule has 1 aliphatic rings. The van der Waals surface area contributed by atoms with Crippen molar-refractivity contribution < 1.29 is 9.90 Å². The van der Waals surface area contributed by atoms with Gasteiger partial charge < -0.3 is 21.1 Å². The average molecular weight is 243 g/mol. The zero-order valence-corrected chi connectivity index (χ0v) is 10.7. The molecule has 0 saturated carbocycles. The molecule has 0 spiro atoms. The number of nitrogens with zero attached hydrogens (tertiary/aromatic N) is 1. The molecule has 1 fully saturated rings. The van der Waals surface area contributed by atoms with E-state index in [0.717, 1.165) is 45.3 Å². The largest absolute Gasteiger partial charge is 0.396 e. The van der Waals surface area contributed by atoms with Crippen LogP contribution < -0.4 is 11.1 Å². The van der Waals surface area contributed by atoms with E-state index in [1.54, 1.807) is 4.90 Å². The summed E-state index contributed by atoms with van der Waals surface area (Å²) in [6.45, 7) is 4.86. The third-order valence-electron chi connectivity index (χ3n) is 3.43. The van der Waals surface area contributed by atoms with Gasteiger partial charge in [0.25, 0.3) is 0 Å². The number of carbonyl (C=O) groups excluding carboxylic acids is 1. The molecule has 1 aliphatic heterocycles. The Labute approximate surface area is 103 Å². The lowest BCUT2D eigenvalue weighted by Crippen LogP contribution is -2.47. The number of primary amides is 1. The van der Waals surface area contributed by atoms with Gasteiger partial charge in [0, 0.05) is 25.7 Å². The summed E-state index contributed by atoms with van der Waals surface area (Å²) in [6, 6.07) is 0.204. The van der Waals surface area contributed by atoms with Crippen molar-refractivity contribution >= 4 is 6.03 Å². The fourth-order valence-electron chi connectivity index (χ4n) is 2.15. The van der Waals surface area contributed by atoms with Gasteiger partial charge in [-0.1, -0.05) is 6.92 Å². The van der Waals surface area contributed by atoms with Crippen molar-refractivity contribution in [1.82, 2.24) is 10.2 Å². The molecule has 1 unspecified atom stereocenters. The van der Waals surface area contributed by atoms with Crippen LogP contribution in [0, 0.1) is 5.92 Å². The van der Waals surface area contributed by atoms with Crippen molar-refractivity contribution in [2.75, 3.05) is 26.2 Å². The fraction of sp³-hybridized carbons (Fsp3) is 0.917. The second-order valence-corrected chi connectivity index (χ2v) is 4.98. The Kier molecular flexibility index (Phi) is 6.29. The van der Waals surface area contributed by atoms with Crippen molar-refractivity contribution in [2.24, 2.45) is 11.7 Å². The molecule has 0 aromatic heterocycles. The number of aliphatic hydroxyl groups excluding tert-OH is 1. The number of hydrogen-bond acceptors (Lipinski definition) is 3. The Balaban J connectivity index is 2.04. The van der Waals surface area contributed by atoms with Crippen LogP contribution in [0.2, 0.25) is 0 Å². The van der Waals surface area contributed by atoms with Gasteiger partial charge in [-0.2, -0.15) is 0 Å². The van der Waals surface area contributed by atoms with E-state index in [2.05, 4.69) is 12.2 Å². The molecular formula is C12H25N3O2. The Morgan fingerprint density at radius 1 is 1.53 bits per heavy atom. The van der Waals surface area contributed by atoms with Gasteiger partial charge in [-0.3, -0.25) is 0 Å². The van der Waals surface area contributed by atoms with E-state index >= 15 is 0 Å². The molecule has 5 heteroatoms. The number of piperidine rings is 1. The van der Waals surface area contributed by atoms with Crippen molar-refractivity contribution in [3.63, 3.8) is 0 Å². The quantitative estimate of drug-likeness (QED) is 0.595. The van der Waals surface area contributed by atoms with Crippen LogP contribution in [0.1, 0.15) is 32.6 Å². The van der Waals surface area contributed by atoms with Crippen molar-refractivity contribution in [3.05, 3.63) is 0 Å². The van der Waals surface area contributed by atoms with Gasteiger partial charge in [-0.25, -0.2) is 4.79 Å². The standard InChI is InChI=1S/C12H25N3O2/c1-10(9-16)3-2-6-14-11-4-7-15(8-5-11)12(13)17/h10-11,14,16H,2-9H2,1H3,(H2,13,17). The SMILES string of the molecule is CC(CO)CCCNC1CCN(C(N)=O)CC1. The van der Waals surface area contributed by atoms with Crippen LogP contribution in [-0.4, -0.2) is 48.3 Å². The highest BCUT2D eigenvalue weighted by Crippen LogP contribution is 2.10. The predicted octanol–water partition coefficient (Wildman–Crippen LogP) is 0.528. The monoisotopic (exact) mass is 243 g/mol. The van der Waals surface area contributed by atoms with Gasteiger partial charge in [-0.15, -0.1) is 0 Å². The molecule has 4 N–H and O–H groups in total. The molecule has 17 heavy (non-hydrogen) atoms. The van der Waals surface area contributed by atoms with Crippen LogP contribution in [0.15, 0.2) is 0 Å². The van der Waals surface area contributed by atoms with Gasteiger partial charge >= 0.3 is 6.03 Å². The van der Waals surface area contributed by atoms with Crippen LogP contribution in [-0.2, 0) is 0 Å². The minimum atomic E-state index is -0.305. The molecule has 0 radical (unpaired) electrons. The molecule has 0 aromatic rings. The number of likely N-dealkylation sites (tertiary alicyclic amines) is 1. The number of hydrogen-bond donors (Lipinski definition) is 3. The molecule has 0 bridgehead atoms. The van der Waals surface area contributed by atoms with E-state index in [1.807, 2.05) is 0 Å². The number of aliphatic hydroxyl groups is 1. The maximum Gasteiger partial charge on any atom is 0.314 e. The van der Waals surface area contributed by atoms with Crippen LogP contribution in [0.4, 0.5) is 4.79 Å². The highest BCUT2D eigenvalue weighted by molar-refractivity contribution is 5.72.